The van der Waals surface area contributed by atoms with Crippen molar-refractivity contribution in [3.8, 4) is 11.4 Å². The number of benzene rings is 1. The molecule has 0 aliphatic rings. The zero-order chi connectivity index (χ0) is 19.1. The van der Waals surface area contributed by atoms with Gasteiger partial charge < -0.3 is 9.64 Å². The average Bonchev–Trinajstić information content (AvgIpc) is 3.02. The number of hydrogen-bond donors (Lipinski definition) is 1. The second kappa shape index (κ2) is 9.55. The Morgan fingerprint density at radius 3 is 2.52 bits per heavy atom. The molecule has 1 unspecified atom stereocenters. The van der Waals surface area contributed by atoms with Crippen molar-refractivity contribution < 1.29 is 9.64 Å². The Hall–Kier alpha value is -2.35. The minimum Gasteiger partial charge on any atom is -0.383 e. The van der Waals surface area contributed by atoms with Crippen LogP contribution in [0, 0.1) is 4.77 Å². The Morgan fingerprint density at radius 2 is 1.85 bits per heavy atom. The second-order valence-corrected chi connectivity index (χ2v) is 6.78. The van der Waals surface area contributed by atoms with Gasteiger partial charge in [0, 0.05) is 30.6 Å². The molecule has 0 saturated carbocycles. The normalized spacial score (nSPS) is 12.2. The highest BCUT2D eigenvalue weighted by atomic mass is 32.1. The van der Waals surface area contributed by atoms with E-state index < -0.39 is 0 Å². The SMILES string of the molecule is CC[NH+](Cc1ccccc1)Cn1nc(-c2ccncc2)n(CCOC)c1=S. The predicted octanol–water partition coefficient (Wildman–Crippen LogP) is 2.18. The van der Waals surface area contributed by atoms with Crippen LogP contribution in [0.2, 0.25) is 0 Å². The van der Waals surface area contributed by atoms with Crippen molar-refractivity contribution in [1.82, 2.24) is 19.3 Å². The minimum atomic E-state index is 0.590. The van der Waals surface area contributed by atoms with E-state index in [0.717, 1.165) is 35.9 Å². The predicted molar refractivity (Wildman–Crippen MR) is 108 cm³/mol. The molecule has 0 radical (unpaired) electrons. The standard InChI is InChI=1S/C20H25N5OS/c1-3-23(15-17-7-5-4-6-8-17)16-25-20(27)24(13-14-26-2)19(22-25)18-9-11-21-12-10-18/h4-12H,3,13-16H2,1-2H3/p+1. The van der Waals surface area contributed by atoms with Gasteiger partial charge in [-0.05, 0) is 31.3 Å². The number of rotatable bonds is 9. The Bertz CT molecular complexity index is 892. The molecule has 0 spiro atoms. The number of ether oxygens (including phenoxy) is 1. The van der Waals surface area contributed by atoms with Crippen molar-refractivity contribution in [1.29, 1.82) is 0 Å². The van der Waals surface area contributed by atoms with E-state index >= 15 is 0 Å². The Labute approximate surface area is 165 Å². The molecule has 1 N–H and O–H groups in total. The molecule has 0 fully saturated rings. The number of methoxy groups -OCH3 is 1. The third kappa shape index (κ3) is 4.88. The fourth-order valence-electron chi connectivity index (χ4n) is 3.03. The molecule has 7 heteroatoms. The van der Waals surface area contributed by atoms with Crippen molar-refractivity contribution in [3.05, 3.63) is 65.2 Å². The van der Waals surface area contributed by atoms with E-state index in [2.05, 4.69) is 36.2 Å². The van der Waals surface area contributed by atoms with Crippen LogP contribution in [0.15, 0.2) is 54.9 Å². The zero-order valence-corrected chi connectivity index (χ0v) is 16.7. The molecular weight excluding hydrogens is 358 g/mol. The van der Waals surface area contributed by atoms with Crippen LogP contribution < -0.4 is 4.90 Å². The maximum Gasteiger partial charge on any atom is 0.203 e. The zero-order valence-electron chi connectivity index (χ0n) is 15.8. The lowest BCUT2D eigenvalue weighted by Crippen LogP contribution is -3.09. The van der Waals surface area contributed by atoms with E-state index in [4.69, 9.17) is 22.1 Å². The molecule has 27 heavy (non-hydrogen) atoms. The first-order chi connectivity index (χ1) is 13.2. The van der Waals surface area contributed by atoms with Crippen LogP contribution in [0.5, 0.6) is 0 Å². The molecule has 1 atom stereocenters. The molecule has 3 rings (SSSR count). The molecule has 1 aromatic carbocycles. The molecule has 142 valence electrons. The molecule has 0 aliphatic heterocycles. The van der Waals surface area contributed by atoms with Gasteiger partial charge in [0.25, 0.3) is 0 Å². The summed E-state index contributed by atoms with van der Waals surface area (Å²) in [5.41, 5.74) is 2.32. The third-order valence-electron chi connectivity index (χ3n) is 4.55. The number of nitrogens with one attached hydrogen (secondary N) is 1. The first-order valence-electron chi connectivity index (χ1n) is 9.17. The van der Waals surface area contributed by atoms with Crippen LogP contribution in [0.4, 0.5) is 0 Å². The summed E-state index contributed by atoms with van der Waals surface area (Å²) in [5, 5.41) is 4.83. The number of hydrogen-bond acceptors (Lipinski definition) is 4. The maximum absolute atomic E-state index is 5.74. The topological polar surface area (TPSA) is 49.3 Å². The molecule has 2 aromatic heterocycles. The highest BCUT2D eigenvalue weighted by Gasteiger charge is 2.16. The fraction of sp³-hybridized carbons (Fsp3) is 0.350. The molecule has 0 aliphatic carbocycles. The second-order valence-electron chi connectivity index (χ2n) is 6.41. The highest BCUT2D eigenvalue weighted by molar-refractivity contribution is 7.71. The average molecular weight is 385 g/mol. The van der Waals surface area contributed by atoms with Crippen molar-refractivity contribution in [2.24, 2.45) is 0 Å². The van der Waals surface area contributed by atoms with E-state index in [9.17, 15) is 0 Å². The fourth-order valence-corrected chi connectivity index (χ4v) is 3.31. The van der Waals surface area contributed by atoms with Gasteiger partial charge in [-0.25, -0.2) is 0 Å². The summed E-state index contributed by atoms with van der Waals surface area (Å²) in [6, 6.07) is 14.4. The van der Waals surface area contributed by atoms with Gasteiger partial charge in [-0.15, -0.1) is 5.10 Å². The molecule has 3 aromatic rings. The van der Waals surface area contributed by atoms with E-state index in [-0.39, 0.29) is 0 Å². The highest BCUT2D eigenvalue weighted by Crippen LogP contribution is 2.17. The maximum atomic E-state index is 5.74. The van der Waals surface area contributed by atoms with Crippen LogP contribution in [0.25, 0.3) is 11.4 Å². The van der Waals surface area contributed by atoms with Gasteiger partial charge in [0.2, 0.25) is 4.77 Å². The summed E-state index contributed by atoms with van der Waals surface area (Å²) in [6.07, 6.45) is 3.55. The van der Waals surface area contributed by atoms with E-state index in [1.54, 1.807) is 19.5 Å². The molecular formula is C20H26N5OS+. The van der Waals surface area contributed by atoms with Crippen molar-refractivity contribution in [2.75, 3.05) is 20.3 Å². The van der Waals surface area contributed by atoms with Crippen LogP contribution in [-0.4, -0.2) is 39.6 Å². The van der Waals surface area contributed by atoms with Crippen molar-refractivity contribution in [2.45, 2.75) is 26.7 Å². The summed E-state index contributed by atoms with van der Waals surface area (Å²) in [4.78, 5) is 5.50. The molecule has 2 heterocycles. The van der Waals surface area contributed by atoms with Gasteiger partial charge >= 0.3 is 0 Å². The number of pyridine rings is 1. The van der Waals surface area contributed by atoms with Crippen molar-refractivity contribution in [3.63, 3.8) is 0 Å². The first kappa shape index (κ1) is 19.4. The van der Waals surface area contributed by atoms with Crippen LogP contribution in [0.1, 0.15) is 12.5 Å². The van der Waals surface area contributed by atoms with Gasteiger partial charge in [-0.2, -0.15) is 4.68 Å². The summed E-state index contributed by atoms with van der Waals surface area (Å²) in [5.74, 6) is 0.856. The molecule has 0 saturated heterocycles. The van der Waals surface area contributed by atoms with Gasteiger partial charge in [0.1, 0.15) is 6.54 Å². The quantitative estimate of drug-likeness (QED) is 0.575. The lowest BCUT2D eigenvalue weighted by Gasteiger charge is -2.17. The smallest absolute Gasteiger partial charge is 0.203 e. The molecule has 0 bridgehead atoms. The van der Waals surface area contributed by atoms with Gasteiger partial charge in [0.15, 0.2) is 12.5 Å². The summed E-state index contributed by atoms with van der Waals surface area (Å²) in [6.45, 7) is 6.11. The van der Waals surface area contributed by atoms with E-state index in [0.29, 0.717) is 13.2 Å². The van der Waals surface area contributed by atoms with Crippen molar-refractivity contribution >= 4 is 12.2 Å². The Kier molecular flexibility index (Phi) is 6.86. The van der Waals surface area contributed by atoms with Crippen LogP contribution in [-0.2, 0) is 24.5 Å². The molecule has 0 amide bonds. The number of nitrogens with zero attached hydrogens (tertiary/aromatic N) is 4. The van der Waals surface area contributed by atoms with Gasteiger partial charge in [0.05, 0.1) is 19.7 Å². The van der Waals surface area contributed by atoms with E-state index in [1.165, 1.54) is 10.5 Å². The van der Waals surface area contributed by atoms with Gasteiger partial charge in [-0.1, -0.05) is 30.3 Å². The number of quaternary nitrogens is 1. The molecule has 6 nitrogen and oxygen atoms in total. The Morgan fingerprint density at radius 1 is 1.11 bits per heavy atom. The van der Waals surface area contributed by atoms with Crippen LogP contribution >= 0.6 is 12.2 Å². The van der Waals surface area contributed by atoms with Gasteiger partial charge in [-0.3, -0.25) is 9.55 Å². The summed E-state index contributed by atoms with van der Waals surface area (Å²) in [7, 11) is 1.70. The summed E-state index contributed by atoms with van der Waals surface area (Å²) >= 11 is 5.74. The third-order valence-corrected chi connectivity index (χ3v) is 4.98. The largest absolute Gasteiger partial charge is 0.383 e. The first-order valence-corrected chi connectivity index (χ1v) is 9.58. The summed E-state index contributed by atoms with van der Waals surface area (Å²) < 4.78 is 9.96. The Balaban J connectivity index is 1.88. The van der Waals surface area contributed by atoms with E-state index in [1.807, 2.05) is 27.4 Å². The van der Waals surface area contributed by atoms with Crippen LogP contribution in [0.3, 0.4) is 0 Å². The minimum absolute atomic E-state index is 0.590. The lowest BCUT2D eigenvalue weighted by molar-refractivity contribution is -0.935. The monoisotopic (exact) mass is 384 g/mol. The number of aromatic nitrogens is 4. The lowest BCUT2D eigenvalue weighted by atomic mass is 10.2.